The molecule has 2 heterocycles. The highest BCUT2D eigenvalue weighted by molar-refractivity contribution is 6.05. The maximum atomic E-state index is 13.4. The molecule has 0 radical (unpaired) electrons. The van der Waals surface area contributed by atoms with Crippen molar-refractivity contribution in [3.05, 3.63) is 113 Å². The van der Waals surface area contributed by atoms with Crippen LogP contribution in [-0.2, 0) is 6.42 Å². The van der Waals surface area contributed by atoms with Gasteiger partial charge in [0, 0.05) is 24.4 Å². The van der Waals surface area contributed by atoms with Crippen molar-refractivity contribution in [1.82, 2.24) is 15.3 Å². The monoisotopic (exact) mass is 508 g/mol. The minimum Gasteiger partial charge on any atom is -0.494 e. The Kier molecular flexibility index (Phi) is 7.31. The fraction of sp³-hybridized carbons (Fsp3) is 0.200. The zero-order valence-corrected chi connectivity index (χ0v) is 21.2. The average Bonchev–Trinajstić information content (AvgIpc) is 2.97. The number of benzene rings is 2. The normalized spacial score (nSPS) is 16.2. The second-order valence-electron chi connectivity index (χ2n) is 8.98. The molecule has 2 atom stereocenters. The Morgan fingerprint density at radius 3 is 2.26 bits per heavy atom. The van der Waals surface area contributed by atoms with E-state index in [-0.39, 0.29) is 29.3 Å². The van der Waals surface area contributed by atoms with E-state index < -0.39 is 5.91 Å². The number of fused-ring (bicyclic) bond motifs is 1. The third-order valence-electron chi connectivity index (χ3n) is 6.76. The predicted molar refractivity (Wildman–Crippen MR) is 144 cm³/mol. The first-order valence-corrected chi connectivity index (χ1v) is 12.4. The highest BCUT2D eigenvalue weighted by atomic mass is 16.5. The molecule has 0 unspecified atom stereocenters. The van der Waals surface area contributed by atoms with Crippen LogP contribution >= 0.6 is 0 Å². The molecular weight excluding hydrogens is 480 g/mol. The molecule has 2 N–H and O–H groups in total. The molecule has 1 aliphatic carbocycles. The average molecular weight is 509 g/mol. The maximum absolute atomic E-state index is 13.4. The van der Waals surface area contributed by atoms with Crippen molar-refractivity contribution in [2.45, 2.75) is 24.8 Å². The van der Waals surface area contributed by atoms with Gasteiger partial charge < -0.3 is 20.1 Å². The summed E-state index contributed by atoms with van der Waals surface area (Å²) in [4.78, 5) is 35.1. The van der Waals surface area contributed by atoms with Crippen LogP contribution < -0.4 is 20.1 Å². The van der Waals surface area contributed by atoms with Crippen LogP contribution in [0.5, 0.6) is 11.5 Å². The van der Waals surface area contributed by atoms with Crippen LogP contribution in [0.1, 0.15) is 50.0 Å². The number of aryl methyl sites for hydroxylation is 1. The van der Waals surface area contributed by atoms with E-state index in [0.29, 0.717) is 17.2 Å². The van der Waals surface area contributed by atoms with Gasteiger partial charge in [-0.05, 0) is 59.9 Å². The third-order valence-corrected chi connectivity index (χ3v) is 6.76. The van der Waals surface area contributed by atoms with Gasteiger partial charge in [-0.3, -0.25) is 14.6 Å². The van der Waals surface area contributed by atoms with Crippen LogP contribution in [0.4, 0.5) is 5.69 Å². The number of nitrogens with zero attached hydrogens (tertiary/aromatic N) is 2. The van der Waals surface area contributed by atoms with Crippen molar-refractivity contribution < 1.29 is 19.1 Å². The number of carbonyl (C=O) groups excluding carboxylic acids is 2. The lowest BCUT2D eigenvalue weighted by molar-refractivity contribution is 0.0924. The molecule has 0 fully saturated rings. The highest BCUT2D eigenvalue weighted by Gasteiger charge is 2.32. The summed E-state index contributed by atoms with van der Waals surface area (Å²) in [6, 6.07) is 22.1. The number of rotatable bonds is 7. The molecule has 2 aromatic carbocycles. The van der Waals surface area contributed by atoms with Crippen LogP contribution in [0.2, 0.25) is 0 Å². The Balaban J connectivity index is 1.38. The number of anilines is 1. The van der Waals surface area contributed by atoms with Crippen LogP contribution in [0.25, 0.3) is 0 Å². The Morgan fingerprint density at radius 2 is 1.55 bits per heavy atom. The van der Waals surface area contributed by atoms with Crippen molar-refractivity contribution in [2.24, 2.45) is 0 Å². The van der Waals surface area contributed by atoms with Gasteiger partial charge in [-0.25, -0.2) is 4.98 Å². The van der Waals surface area contributed by atoms with Gasteiger partial charge >= 0.3 is 0 Å². The molecule has 4 aromatic rings. The second kappa shape index (κ2) is 11.1. The molecule has 38 heavy (non-hydrogen) atoms. The number of carbonyl (C=O) groups is 2. The van der Waals surface area contributed by atoms with Crippen LogP contribution in [0.15, 0.2) is 85.2 Å². The second-order valence-corrected chi connectivity index (χ2v) is 8.98. The Bertz CT molecular complexity index is 1440. The number of methoxy groups -OCH3 is 2. The highest BCUT2D eigenvalue weighted by Crippen LogP contribution is 2.37. The number of hydrogen-bond donors (Lipinski definition) is 2. The summed E-state index contributed by atoms with van der Waals surface area (Å²) in [6.07, 6.45) is 5.22. The van der Waals surface area contributed by atoms with Gasteiger partial charge in [0.05, 0.1) is 14.2 Å². The molecule has 0 saturated carbocycles. The zero-order valence-electron chi connectivity index (χ0n) is 21.2. The first-order chi connectivity index (χ1) is 18.6. The number of hydrogen-bond acceptors (Lipinski definition) is 6. The molecule has 192 valence electrons. The minimum atomic E-state index is -0.484. The van der Waals surface area contributed by atoms with E-state index in [1.165, 1.54) is 25.3 Å². The molecule has 5 rings (SSSR count). The minimum absolute atomic E-state index is 0.0397. The van der Waals surface area contributed by atoms with E-state index in [1.54, 1.807) is 42.6 Å². The molecule has 8 nitrogen and oxygen atoms in total. The molecule has 2 aromatic heterocycles. The van der Waals surface area contributed by atoms with Gasteiger partial charge in [-0.15, -0.1) is 0 Å². The van der Waals surface area contributed by atoms with Crippen molar-refractivity contribution in [2.75, 3.05) is 19.5 Å². The van der Waals surface area contributed by atoms with Gasteiger partial charge in [0.2, 0.25) is 0 Å². The van der Waals surface area contributed by atoms with Gasteiger partial charge in [-0.1, -0.05) is 42.5 Å². The van der Waals surface area contributed by atoms with E-state index in [4.69, 9.17) is 9.47 Å². The fourth-order valence-electron chi connectivity index (χ4n) is 4.97. The van der Waals surface area contributed by atoms with Crippen molar-refractivity contribution >= 4 is 17.5 Å². The SMILES string of the molecule is COc1cccc(OC)c1NC(=O)c1cccc(C(=O)N[C@H]2CCc3ccccc3[C@@H]2c2cccnc2)n1. The summed E-state index contributed by atoms with van der Waals surface area (Å²) in [5.74, 6) is 0.0356. The van der Waals surface area contributed by atoms with Gasteiger partial charge in [0.15, 0.2) is 0 Å². The van der Waals surface area contributed by atoms with Gasteiger partial charge in [0.25, 0.3) is 11.8 Å². The molecule has 0 bridgehead atoms. The number of nitrogens with one attached hydrogen (secondary N) is 2. The predicted octanol–water partition coefficient (Wildman–Crippen LogP) is 4.62. The van der Waals surface area contributed by atoms with Crippen molar-refractivity contribution in [3.8, 4) is 11.5 Å². The number of aromatic nitrogens is 2. The van der Waals surface area contributed by atoms with E-state index in [0.717, 1.165) is 18.4 Å². The summed E-state index contributed by atoms with van der Waals surface area (Å²) in [6.45, 7) is 0. The summed E-state index contributed by atoms with van der Waals surface area (Å²) < 4.78 is 10.7. The van der Waals surface area contributed by atoms with Crippen molar-refractivity contribution in [3.63, 3.8) is 0 Å². The first kappa shape index (κ1) is 25.0. The standard InChI is InChI=1S/C30H28N4O4/c1-37-25-13-6-14-26(38-2)28(25)34-30(36)24-12-5-11-23(32-24)29(35)33-22-16-15-19-8-3-4-10-21(19)27(22)20-9-7-17-31-18-20/h3-14,17-18,22,27H,15-16H2,1-2H3,(H,33,35)(H,34,36)/t22-,27-/m0/s1. The maximum Gasteiger partial charge on any atom is 0.274 e. The quantitative estimate of drug-likeness (QED) is 0.378. The summed E-state index contributed by atoms with van der Waals surface area (Å²) >= 11 is 0. The van der Waals surface area contributed by atoms with Crippen LogP contribution in [0, 0.1) is 0 Å². The zero-order chi connectivity index (χ0) is 26.5. The van der Waals surface area contributed by atoms with E-state index in [1.807, 2.05) is 30.5 Å². The van der Waals surface area contributed by atoms with E-state index in [2.05, 4.69) is 32.7 Å². The first-order valence-electron chi connectivity index (χ1n) is 12.4. The molecular formula is C30H28N4O4. The molecule has 0 saturated heterocycles. The summed E-state index contributed by atoms with van der Waals surface area (Å²) in [7, 11) is 3.02. The van der Waals surface area contributed by atoms with Crippen LogP contribution in [0.3, 0.4) is 0 Å². The van der Waals surface area contributed by atoms with Crippen molar-refractivity contribution in [1.29, 1.82) is 0 Å². The van der Waals surface area contributed by atoms with Crippen LogP contribution in [-0.4, -0.2) is 42.0 Å². The molecule has 8 heteroatoms. The van der Waals surface area contributed by atoms with Gasteiger partial charge in [0.1, 0.15) is 28.6 Å². The lowest BCUT2D eigenvalue weighted by atomic mass is 9.76. The molecule has 1 aliphatic rings. The Morgan fingerprint density at radius 1 is 0.842 bits per heavy atom. The fourth-order valence-corrected chi connectivity index (χ4v) is 4.97. The summed E-state index contributed by atoms with van der Waals surface area (Å²) in [5.41, 5.74) is 4.15. The topological polar surface area (TPSA) is 102 Å². The molecule has 0 spiro atoms. The number of amides is 2. The molecule has 2 amide bonds. The smallest absolute Gasteiger partial charge is 0.274 e. The third kappa shape index (κ3) is 5.06. The van der Waals surface area contributed by atoms with E-state index >= 15 is 0 Å². The van der Waals surface area contributed by atoms with Gasteiger partial charge in [-0.2, -0.15) is 0 Å². The lowest BCUT2D eigenvalue weighted by Gasteiger charge is -2.34. The Labute approximate surface area is 221 Å². The number of ether oxygens (including phenoxy) is 2. The van der Waals surface area contributed by atoms with E-state index in [9.17, 15) is 9.59 Å². The lowest BCUT2D eigenvalue weighted by Crippen LogP contribution is -2.42. The number of para-hydroxylation sites is 1. The number of pyridine rings is 2. The largest absolute Gasteiger partial charge is 0.494 e. The Hall–Kier alpha value is -4.72. The summed E-state index contributed by atoms with van der Waals surface area (Å²) in [5, 5.41) is 5.97. The molecule has 0 aliphatic heterocycles.